The third-order valence-electron chi connectivity index (χ3n) is 1.23. The van der Waals surface area contributed by atoms with Gasteiger partial charge in [0, 0.05) is 19.2 Å². The molecule has 0 atom stereocenters. The van der Waals surface area contributed by atoms with Crippen LogP contribution in [0.2, 0.25) is 0 Å². The van der Waals surface area contributed by atoms with E-state index >= 15 is 0 Å². The van der Waals surface area contributed by atoms with Gasteiger partial charge in [0.05, 0.1) is 45.7 Å². The molecule has 0 aromatic carbocycles. The van der Waals surface area contributed by atoms with Crippen LogP contribution in [-0.2, 0) is 4.74 Å². The van der Waals surface area contributed by atoms with Gasteiger partial charge < -0.3 is 15.4 Å². The minimum Gasteiger partial charge on any atom is -0.397 e. The summed E-state index contributed by atoms with van der Waals surface area (Å²) in [6.45, 7) is -13.3. The fraction of sp³-hybridized carbons (Fsp3) is 0.444. The van der Waals surface area contributed by atoms with Crippen molar-refractivity contribution in [3.8, 4) is 0 Å². The van der Waals surface area contributed by atoms with E-state index in [1.807, 2.05) is 0 Å². The molecule has 2 rings (SSSR count). The number of aromatic nitrogens is 1. The van der Waals surface area contributed by atoms with Crippen LogP contribution in [0.3, 0.4) is 0 Å². The van der Waals surface area contributed by atoms with Gasteiger partial charge in [-0.05, 0) is 6.04 Å². The molecule has 0 amide bonds. The lowest BCUT2D eigenvalue weighted by molar-refractivity contribution is 0.122. The van der Waals surface area contributed by atoms with Crippen LogP contribution in [0.1, 0.15) is 15.1 Å². The minimum atomic E-state index is -3.32. The van der Waals surface area contributed by atoms with E-state index in [-0.39, 0.29) is 4.90 Å². The van der Waals surface area contributed by atoms with Gasteiger partial charge in [-0.15, -0.1) is 0 Å². The third-order valence-corrected chi connectivity index (χ3v) is 1.23. The summed E-state index contributed by atoms with van der Waals surface area (Å²) in [5.41, 5.74) is 4.00. The zero-order chi connectivity index (χ0) is 18.9. The molecule has 0 bridgehead atoms. The number of ether oxygens (including phenoxy) is 1. The predicted molar refractivity (Wildman–Crippen MR) is 51.7 cm³/mol. The first-order valence-electron chi connectivity index (χ1n) is 8.81. The van der Waals surface area contributed by atoms with Crippen LogP contribution in [0.5, 0.6) is 0 Å². The highest BCUT2D eigenvalue weighted by Crippen LogP contribution is 2.16. The number of nitrogens with zero attached hydrogens (tertiary/aromatic N) is 2. The molecule has 0 unspecified atom stereocenters. The second kappa shape index (κ2) is 3.62. The van der Waals surface area contributed by atoms with Crippen molar-refractivity contribution in [2.75, 3.05) is 36.7 Å². The summed E-state index contributed by atoms with van der Waals surface area (Å²) in [5, 5.41) is 0. The second-order valence-electron chi connectivity index (χ2n) is 2.09. The van der Waals surface area contributed by atoms with Gasteiger partial charge in [-0.25, -0.2) is 0 Å². The molecule has 1 aliphatic heterocycles. The summed E-state index contributed by atoms with van der Waals surface area (Å²) in [6.07, 6.45) is -1.57. The molecule has 1 fully saturated rings. The lowest BCUT2D eigenvalue weighted by Gasteiger charge is -2.28. The molecule has 1 saturated heterocycles. The SMILES string of the molecule is [2H]c1nc([2H])c(N2C([2H])([2H])C([2H])([2H])OC([2H])([2H])C2([2H])[2H])c([2H])c1N. The van der Waals surface area contributed by atoms with Crippen LogP contribution in [0.15, 0.2) is 18.4 Å². The topological polar surface area (TPSA) is 51.4 Å². The van der Waals surface area contributed by atoms with Crippen LogP contribution in [-0.4, -0.2) is 31.1 Å². The number of anilines is 2. The molecule has 4 nitrogen and oxygen atoms in total. The molecule has 0 spiro atoms. The quantitative estimate of drug-likeness (QED) is 0.700. The van der Waals surface area contributed by atoms with Crippen molar-refractivity contribution in [3.63, 3.8) is 0 Å². The highest BCUT2D eigenvalue weighted by Gasteiger charge is 2.10. The van der Waals surface area contributed by atoms with Crippen molar-refractivity contribution >= 4 is 11.4 Å². The molecule has 13 heavy (non-hydrogen) atoms. The molecular weight excluding hydrogens is 166 g/mol. The van der Waals surface area contributed by atoms with E-state index in [1.165, 1.54) is 0 Å². The maximum absolute atomic E-state index is 7.88. The Morgan fingerprint density at radius 1 is 1.54 bits per heavy atom. The molecule has 0 saturated carbocycles. The van der Waals surface area contributed by atoms with Crippen molar-refractivity contribution in [1.29, 1.82) is 0 Å². The zero-order valence-electron chi connectivity index (χ0n) is 17.4. The molecule has 2 N–H and O–H groups in total. The monoisotopic (exact) mass is 190 g/mol. The van der Waals surface area contributed by atoms with Gasteiger partial charge in [-0.3, -0.25) is 4.98 Å². The Morgan fingerprint density at radius 3 is 3.08 bits per heavy atom. The molecule has 0 aliphatic carbocycles. The van der Waals surface area contributed by atoms with Gasteiger partial charge in [0.25, 0.3) is 0 Å². The van der Waals surface area contributed by atoms with E-state index in [0.29, 0.717) is 0 Å². The summed E-state index contributed by atoms with van der Waals surface area (Å²) in [7, 11) is 0. The largest absolute Gasteiger partial charge is 0.397 e. The third kappa shape index (κ3) is 1.89. The summed E-state index contributed by atoms with van der Waals surface area (Å²) >= 11 is 0. The Kier molecular flexibility index (Phi) is 0.665. The van der Waals surface area contributed by atoms with Gasteiger partial charge in [-0.1, -0.05) is 0 Å². The van der Waals surface area contributed by atoms with Crippen LogP contribution < -0.4 is 10.6 Å². The molecule has 0 radical (unpaired) electrons. The fourth-order valence-electron chi connectivity index (χ4n) is 0.733. The number of morpholine rings is 1. The van der Waals surface area contributed by atoms with E-state index < -0.39 is 55.9 Å². The van der Waals surface area contributed by atoms with E-state index in [0.717, 1.165) is 0 Å². The Balaban J connectivity index is 2.86. The Hall–Kier alpha value is -1.29. The highest BCUT2D eigenvalue weighted by molar-refractivity contribution is 5.53. The zero-order valence-corrected chi connectivity index (χ0v) is 6.38. The summed E-state index contributed by atoms with van der Waals surface area (Å²) < 4.78 is 89.2. The smallest absolute Gasteiger partial charge is 0.0862 e. The van der Waals surface area contributed by atoms with E-state index in [4.69, 9.17) is 20.8 Å². The summed E-state index contributed by atoms with van der Waals surface area (Å²) in [4.78, 5) is 3.32. The molecule has 1 aliphatic rings. The lowest BCUT2D eigenvalue weighted by Crippen LogP contribution is -2.36. The van der Waals surface area contributed by atoms with Crippen molar-refractivity contribution in [2.45, 2.75) is 0 Å². The Labute approximate surface area is 92.8 Å². The normalized spacial score (nSPS) is 45.2. The number of nitrogens with two attached hydrogens (primary N) is 1. The van der Waals surface area contributed by atoms with Gasteiger partial charge in [-0.2, -0.15) is 0 Å². The lowest BCUT2D eigenvalue weighted by atomic mass is 10.3. The maximum Gasteiger partial charge on any atom is 0.0862 e. The van der Waals surface area contributed by atoms with Gasteiger partial charge >= 0.3 is 0 Å². The first-order chi connectivity index (χ1) is 10.6. The average Bonchev–Trinajstić information content (AvgIpc) is 2.37. The Bertz CT molecular complexity index is 666. The number of pyridine rings is 1. The number of rotatable bonds is 1. The number of hydrogen-bond acceptors (Lipinski definition) is 4. The highest BCUT2D eigenvalue weighted by atomic mass is 16.5. The van der Waals surface area contributed by atoms with Crippen molar-refractivity contribution in [3.05, 3.63) is 18.4 Å². The van der Waals surface area contributed by atoms with Crippen LogP contribution in [0, 0.1) is 0 Å². The standard InChI is InChI=1S/C9H13N3O/c10-8-5-9(7-11-6-8)12-1-3-13-4-2-12/h5-7H,1-4,10H2/i1D2,2D2,3D2,4D2,5D,6D,7D. The fourth-order valence-corrected chi connectivity index (χ4v) is 0.733. The summed E-state index contributed by atoms with van der Waals surface area (Å²) in [5.74, 6) is 0. The first-order valence-corrected chi connectivity index (χ1v) is 3.31. The van der Waals surface area contributed by atoms with E-state index in [2.05, 4.69) is 9.72 Å². The number of nitrogen functional groups attached to an aromatic ring is 1. The van der Waals surface area contributed by atoms with Crippen molar-refractivity contribution < 1.29 is 19.8 Å². The van der Waals surface area contributed by atoms with Crippen molar-refractivity contribution in [1.82, 2.24) is 4.98 Å². The maximum atomic E-state index is 7.88. The van der Waals surface area contributed by atoms with Crippen LogP contribution in [0.25, 0.3) is 0 Å². The second-order valence-corrected chi connectivity index (χ2v) is 2.09. The minimum absolute atomic E-state index is 0.0447. The molecule has 70 valence electrons. The van der Waals surface area contributed by atoms with Crippen LogP contribution in [0.4, 0.5) is 11.4 Å². The van der Waals surface area contributed by atoms with Gasteiger partial charge in [0.2, 0.25) is 0 Å². The van der Waals surface area contributed by atoms with Crippen molar-refractivity contribution in [2.24, 2.45) is 0 Å². The van der Waals surface area contributed by atoms with Gasteiger partial charge in [0.15, 0.2) is 0 Å². The average molecular weight is 190 g/mol. The number of hydrogen-bond donors (Lipinski definition) is 1. The predicted octanol–water partition coefficient (Wildman–Crippen LogP) is 0.500. The Morgan fingerprint density at radius 2 is 2.31 bits per heavy atom. The van der Waals surface area contributed by atoms with E-state index in [1.54, 1.807) is 0 Å². The van der Waals surface area contributed by atoms with Gasteiger partial charge in [0.1, 0.15) is 0 Å². The molecule has 4 heteroatoms. The molecule has 1 aromatic rings. The van der Waals surface area contributed by atoms with E-state index in [9.17, 15) is 0 Å². The molecular formula is C9H13N3O. The first kappa shape index (κ1) is 2.39. The van der Waals surface area contributed by atoms with Crippen LogP contribution >= 0.6 is 0 Å². The molecule has 1 aromatic heterocycles. The summed E-state index contributed by atoms with van der Waals surface area (Å²) in [6, 6.07) is -0.832. The molecule has 2 heterocycles.